The van der Waals surface area contributed by atoms with Crippen molar-refractivity contribution in [3.8, 4) is 0 Å². The van der Waals surface area contributed by atoms with Gasteiger partial charge in [-0.2, -0.15) is 0 Å². The second kappa shape index (κ2) is 5.70. The van der Waals surface area contributed by atoms with Gasteiger partial charge in [0.2, 0.25) is 0 Å². The van der Waals surface area contributed by atoms with Gasteiger partial charge in [-0.25, -0.2) is 0 Å². The Morgan fingerprint density at radius 3 is 2.84 bits per heavy atom. The van der Waals surface area contributed by atoms with Gasteiger partial charge in [-0.05, 0) is 43.9 Å². The lowest BCUT2D eigenvalue weighted by Gasteiger charge is -2.21. The number of para-hydroxylation sites is 1. The lowest BCUT2D eigenvalue weighted by molar-refractivity contribution is 0.472. The molecule has 0 aliphatic heterocycles. The number of hydrogen-bond donors (Lipinski definition) is 1. The van der Waals surface area contributed by atoms with Crippen LogP contribution in [-0.2, 0) is 0 Å². The Balaban J connectivity index is 1.98. The first-order valence-electron chi connectivity index (χ1n) is 7.39. The minimum atomic E-state index is 0.651. The molecule has 0 bridgehead atoms. The van der Waals surface area contributed by atoms with Crippen molar-refractivity contribution in [2.45, 2.75) is 44.1 Å². The van der Waals surface area contributed by atoms with Crippen LogP contribution in [0.1, 0.15) is 43.6 Å². The molecule has 1 saturated carbocycles. The molecular formula is C17H22N2. The van der Waals surface area contributed by atoms with Crippen molar-refractivity contribution >= 4 is 10.9 Å². The molecule has 0 saturated heterocycles. The van der Waals surface area contributed by atoms with Gasteiger partial charge in [0.1, 0.15) is 0 Å². The zero-order valence-corrected chi connectivity index (χ0v) is 11.6. The quantitative estimate of drug-likeness (QED) is 0.823. The molecule has 1 aliphatic carbocycles. The number of pyridine rings is 1. The summed E-state index contributed by atoms with van der Waals surface area (Å²) in [6, 6.07) is 11.5. The summed E-state index contributed by atoms with van der Waals surface area (Å²) in [5, 5.41) is 4.74. The summed E-state index contributed by atoms with van der Waals surface area (Å²) in [5.74, 6) is 0.651. The van der Waals surface area contributed by atoms with Crippen LogP contribution in [0.3, 0.4) is 0 Å². The molecule has 1 heterocycles. The summed E-state index contributed by atoms with van der Waals surface area (Å²) < 4.78 is 0. The van der Waals surface area contributed by atoms with E-state index in [0.29, 0.717) is 12.0 Å². The van der Waals surface area contributed by atoms with Gasteiger partial charge in [0, 0.05) is 17.6 Å². The predicted octanol–water partition coefficient (Wildman–Crippen LogP) is 3.87. The molecule has 0 radical (unpaired) electrons. The van der Waals surface area contributed by atoms with Gasteiger partial charge in [-0.15, -0.1) is 0 Å². The minimum Gasteiger partial charge on any atom is -0.317 e. The molecule has 19 heavy (non-hydrogen) atoms. The lowest BCUT2D eigenvalue weighted by atomic mass is 9.89. The molecule has 1 aliphatic rings. The molecule has 0 amide bonds. The number of benzene rings is 1. The average molecular weight is 254 g/mol. The number of hydrogen-bond acceptors (Lipinski definition) is 2. The third-order valence-electron chi connectivity index (χ3n) is 4.44. The highest BCUT2D eigenvalue weighted by molar-refractivity contribution is 5.82. The van der Waals surface area contributed by atoms with E-state index in [1.54, 1.807) is 0 Å². The second-order valence-electron chi connectivity index (χ2n) is 5.63. The summed E-state index contributed by atoms with van der Waals surface area (Å²) >= 11 is 0. The maximum absolute atomic E-state index is 4.62. The van der Waals surface area contributed by atoms with Crippen LogP contribution in [0.2, 0.25) is 0 Å². The molecule has 2 aromatic rings. The maximum atomic E-state index is 4.62. The zero-order chi connectivity index (χ0) is 13.1. The first-order valence-corrected chi connectivity index (χ1v) is 7.39. The van der Waals surface area contributed by atoms with Crippen LogP contribution in [0.4, 0.5) is 0 Å². The van der Waals surface area contributed by atoms with Gasteiger partial charge in [-0.1, -0.05) is 37.1 Å². The molecule has 1 N–H and O–H groups in total. The van der Waals surface area contributed by atoms with E-state index in [2.05, 4.69) is 41.6 Å². The first-order chi connectivity index (χ1) is 9.38. The van der Waals surface area contributed by atoms with Gasteiger partial charge < -0.3 is 5.32 Å². The van der Waals surface area contributed by atoms with E-state index in [9.17, 15) is 0 Å². The summed E-state index contributed by atoms with van der Waals surface area (Å²) in [4.78, 5) is 4.62. The molecular weight excluding hydrogens is 232 g/mol. The highest BCUT2D eigenvalue weighted by Crippen LogP contribution is 2.34. The SMILES string of the molecule is CNC1CCCCC(c2cccc3cccnc23)C1. The van der Waals surface area contributed by atoms with Crippen molar-refractivity contribution in [1.29, 1.82) is 0 Å². The number of nitrogens with zero attached hydrogens (tertiary/aromatic N) is 1. The van der Waals surface area contributed by atoms with Crippen LogP contribution in [0.5, 0.6) is 0 Å². The van der Waals surface area contributed by atoms with Gasteiger partial charge in [-0.3, -0.25) is 4.98 Å². The van der Waals surface area contributed by atoms with Crippen LogP contribution in [-0.4, -0.2) is 18.1 Å². The van der Waals surface area contributed by atoms with Crippen LogP contribution in [0, 0.1) is 0 Å². The van der Waals surface area contributed by atoms with E-state index >= 15 is 0 Å². The highest BCUT2D eigenvalue weighted by atomic mass is 14.9. The highest BCUT2D eigenvalue weighted by Gasteiger charge is 2.22. The summed E-state index contributed by atoms with van der Waals surface area (Å²) in [7, 11) is 2.09. The van der Waals surface area contributed by atoms with E-state index < -0.39 is 0 Å². The Morgan fingerprint density at radius 2 is 1.95 bits per heavy atom. The van der Waals surface area contributed by atoms with Crippen LogP contribution in [0.15, 0.2) is 36.5 Å². The molecule has 2 heteroatoms. The summed E-state index contributed by atoms with van der Waals surface area (Å²) in [6.45, 7) is 0. The predicted molar refractivity (Wildman–Crippen MR) is 80.4 cm³/mol. The van der Waals surface area contributed by atoms with Crippen molar-refractivity contribution in [2.24, 2.45) is 0 Å². The third-order valence-corrected chi connectivity index (χ3v) is 4.44. The Morgan fingerprint density at radius 1 is 1.11 bits per heavy atom. The molecule has 2 unspecified atom stereocenters. The fourth-order valence-electron chi connectivity index (χ4n) is 3.36. The molecule has 2 nitrogen and oxygen atoms in total. The molecule has 1 fully saturated rings. The van der Waals surface area contributed by atoms with Crippen LogP contribution >= 0.6 is 0 Å². The summed E-state index contributed by atoms with van der Waals surface area (Å²) in [6.07, 6.45) is 8.45. The Bertz CT molecular complexity index is 544. The second-order valence-corrected chi connectivity index (χ2v) is 5.63. The van der Waals surface area contributed by atoms with Gasteiger partial charge in [0.05, 0.1) is 5.52 Å². The molecule has 100 valence electrons. The van der Waals surface area contributed by atoms with Crippen molar-refractivity contribution in [2.75, 3.05) is 7.05 Å². The van der Waals surface area contributed by atoms with E-state index in [0.717, 1.165) is 0 Å². The van der Waals surface area contributed by atoms with Crippen molar-refractivity contribution in [1.82, 2.24) is 10.3 Å². The van der Waals surface area contributed by atoms with E-state index in [-0.39, 0.29) is 0 Å². The standard InChI is InChI=1S/C17H22N2/c1-18-15-9-3-2-6-14(12-15)16-10-4-7-13-8-5-11-19-17(13)16/h4-5,7-8,10-11,14-15,18H,2-3,6,9,12H2,1H3. The monoisotopic (exact) mass is 254 g/mol. The van der Waals surface area contributed by atoms with E-state index in [4.69, 9.17) is 0 Å². The number of aromatic nitrogens is 1. The van der Waals surface area contributed by atoms with Crippen LogP contribution < -0.4 is 5.32 Å². The molecule has 2 atom stereocenters. The normalized spacial score (nSPS) is 24.3. The topological polar surface area (TPSA) is 24.9 Å². The average Bonchev–Trinajstić information content (AvgIpc) is 2.72. The van der Waals surface area contributed by atoms with E-state index in [1.807, 2.05) is 12.3 Å². The molecule has 0 spiro atoms. The lowest BCUT2D eigenvalue weighted by Crippen LogP contribution is -2.25. The van der Waals surface area contributed by atoms with E-state index in [1.165, 1.54) is 48.6 Å². The fraction of sp³-hybridized carbons (Fsp3) is 0.471. The maximum Gasteiger partial charge on any atom is 0.0736 e. The minimum absolute atomic E-state index is 0.651. The Hall–Kier alpha value is -1.41. The molecule has 1 aromatic heterocycles. The number of rotatable bonds is 2. The Kier molecular flexibility index (Phi) is 3.79. The molecule has 1 aromatic carbocycles. The van der Waals surface area contributed by atoms with Crippen LogP contribution in [0.25, 0.3) is 10.9 Å². The summed E-state index contributed by atoms with van der Waals surface area (Å²) in [5.41, 5.74) is 2.65. The van der Waals surface area contributed by atoms with Crippen molar-refractivity contribution in [3.05, 3.63) is 42.1 Å². The van der Waals surface area contributed by atoms with Gasteiger partial charge >= 0.3 is 0 Å². The van der Waals surface area contributed by atoms with Gasteiger partial charge in [0.15, 0.2) is 0 Å². The first kappa shape index (κ1) is 12.6. The van der Waals surface area contributed by atoms with Crippen molar-refractivity contribution in [3.63, 3.8) is 0 Å². The molecule has 3 rings (SSSR count). The van der Waals surface area contributed by atoms with Gasteiger partial charge in [0.25, 0.3) is 0 Å². The third kappa shape index (κ3) is 2.64. The number of fused-ring (bicyclic) bond motifs is 1. The largest absolute Gasteiger partial charge is 0.317 e. The van der Waals surface area contributed by atoms with Crippen molar-refractivity contribution < 1.29 is 0 Å². The number of nitrogens with one attached hydrogen (secondary N) is 1. The smallest absolute Gasteiger partial charge is 0.0736 e. The zero-order valence-electron chi connectivity index (χ0n) is 11.6. The Labute approximate surface area is 115 Å². The fourth-order valence-corrected chi connectivity index (χ4v) is 3.36.